The lowest BCUT2D eigenvalue weighted by atomic mass is 9.95. The van der Waals surface area contributed by atoms with Crippen LogP contribution in [0.2, 0.25) is 0 Å². The van der Waals surface area contributed by atoms with Crippen molar-refractivity contribution in [1.29, 1.82) is 0 Å². The van der Waals surface area contributed by atoms with Crippen LogP contribution < -0.4 is 10.6 Å². The summed E-state index contributed by atoms with van der Waals surface area (Å²) in [7, 11) is -0.671. The predicted molar refractivity (Wildman–Crippen MR) is 113 cm³/mol. The molecule has 152 valence electrons. The molecule has 3 unspecified atom stereocenters. The molecule has 0 bridgehead atoms. The van der Waals surface area contributed by atoms with E-state index in [0.29, 0.717) is 17.2 Å². The molecule has 0 aromatic carbocycles. The van der Waals surface area contributed by atoms with Gasteiger partial charge in [-0.15, -0.1) is 0 Å². The number of nitrogens with one attached hydrogen (secondary N) is 2. The van der Waals surface area contributed by atoms with Crippen LogP contribution in [-0.4, -0.2) is 64.8 Å². The molecule has 1 heterocycles. The van der Waals surface area contributed by atoms with Crippen LogP contribution in [0.5, 0.6) is 0 Å². The van der Waals surface area contributed by atoms with Gasteiger partial charge in [-0.1, -0.05) is 20.3 Å². The van der Waals surface area contributed by atoms with Crippen molar-refractivity contribution >= 4 is 16.8 Å². The number of nitrogens with zero attached hydrogens (tertiary/aromatic N) is 2. The minimum absolute atomic E-state index is 0.358. The molecule has 6 heteroatoms. The summed E-state index contributed by atoms with van der Waals surface area (Å²) in [5.74, 6) is 2.45. The monoisotopic (exact) mass is 384 g/mol. The highest BCUT2D eigenvalue weighted by molar-refractivity contribution is 7.85. The van der Waals surface area contributed by atoms with Crippen molar-refractivity contribution in [3.63, 3.8) is 0 Å². The number of rotatable bonds is 8. The Labute approximate surface area is 163 Å². The third-order valence-electron chi connectivity index (χ3n) is 5.72. The maximum atomic E-state index is 12.2. The average molecular weight is 385 g/mol. The zero-order chi connectivity index (χ0) is 18.8. The Morgan fingerprint density at radius 2 is 1.92 bits per heavy atom. The summed E-state index contributed by atoms with van der Waals surface area (Å²) in [6.07, 6.45) is 8.25. The zero-order valence-electron chi connectivity index (χ0n) is 17.1. The lowest BCUT2D eigenvalue weighted by Gasteiger charge is -2.32. The molecule has 1 saturated heterocycles. The molecule has 0 spiro atoms. The number of aliphatic imine (C=N–C) groups is 1. The Balaban J connectivity index is 1.82. The highest BCUT2D eigenvalue weighted by Gasteiger charge is 2.26. The lowest BCUT2D eigenvalue weighted by molar-refractivity contribution is 0.188. The maximum Gasteiger partial charge on any atom is 0.191 e. The van der Waals surface area contributed by atoms with Gasteiger partial charge in [0.05, 0.1) is 0 Å². The topological polar surface area (TPSA) is 56.7 Å². The molecule has 2 aliphatic rings. The molecule has 26 heavy (non-hydrogen) atoms. The van der Waals surface area contributed by atoms with E-state index in [1.54, 1.807) is 0 Å². The second-order valence-electron chi connectivity index (χ2n) is 7.80. The van der Waals surface area contributed by atoms with Gasteiger partial charge in [0, 0.05) is 40.9 Å². The first-order valence-corrected chi connectivity index (χ1v) is 12.2. The van der Waals surface area contributed by atoms with Crippen LogP contribution in [0.25, 0.3) is 0 Å². The highest BCUT2D eigenvalue weighted by Crippen LogP contribution is 2.23. The van der Waals surface area contributed by atoms with E-state index >= 15 is 0 Å². The molecule has 0 aromatic rings. The fourth-order valence-electron chi connectivity index (χ4n) is 4.19. The molecule has 0 radical (unpaired) electrons. The third-order valence-corrected chi connectivity index (χ3v) is 7.46. The molecule has 1 aliphatic heterocycles. The minimum atomic E-state index is -0.671. The molecule has 3 atom stereocenters. The van der Waals surface area contributed by atoms with Crippen LogP contribution in [0.4, 0.5) is 0 Å². The van der Waals surface area contributed by atoms with E-state index in [4.69, 9.17) is 4.99 Å². The van der Waals surface area contributed by atoms with Gasteiger partial charge in [0.2, 0.25) is 0 Å². The van der Waals surface area contributed by atoms with Crippen molar-refractivity contribution in [3.05, 3.63) is 0 Å². The van der Waals surface area contributed by atoms with E-state index in [1.807, 2.05) is 6.92 Å². The summed E-state index contributed by atoms with van der Waals surface area (Å²) in [5.41, 5.74) is 0. The van der Waals surface area contributed by atoms with E-state index in [0.717, 1.165) is 44.1 Å². The number of likely N-dealkylation sites (tertiary alicyclic amines) is 1. The molecule has 1 saturated carbocycles. The zero-order valence-corrected chi connectivity index (χ0v) is 18.0. The summed E-state index contributed by atoms with van der Waals surface area (Å²) in [4.78, 5) is 7.48. The number of hydrogen-bond donors (Lipinski definition) is 2. The molecule has 2 fully saturated rings. The van der Waals surface area contributed by atoms with Crippen molar-refractivity contribution in [2.45, 2.75) is 77.0 Å². The smallest absolute Gasteiger partial charge is 0.191 e. The van der Waals surface area contributed by atoms with Crippen molar-refractivity contribution in [3.8, 4) is 0 Å². The molecule has 2 N–H and O–H groups in total. The highest BCUT2D eigenvalue weighted by atomic mass is 32.2. The summed E-state index contributed by atoms with van der Waals surface area (Å²) in [6.45, 7) is 11.9. The number of piperidine rings is 1. The van der Waals surface area contributed by atoms with Crippen molar-refractivity contribution in [2.75, 3.05) is 38.5 Å². The van der Waals surface area contributed by atoms with Crippen molar-refractivity contribution in [2.24, 2.45) is 10.9 Å². The Bertz CT molecular complexity index is 449. The van der Waals surface area contributed by atoms with E-state index in [-0.39, 0.29) is 0 Å². The standard InChI is InChI=1S/C20H40N4OS/c1-4-12-24-13-10-17(11-14-24)16-22-20(21-5-2)23-18-8-7-9-19(15-18)26(25)6-3/h17-19H,4-16H2,1-3H3,(H2,21,22,23). The Morgan fingerprint density at radius 1 is 1.15 bits per heavy atom. The Kier molecular flexibility index (Phi) is 9.97. The van der Waals surface area contributed by atoms with Gasteiger partial charge >= 0.3 is 0 Å². The van der Waals surface area contributed by atoms with E-state index in [9.17, 15) is 4.21 Å². The van der Waals surface area contributed by atoms with Gasteiger partial charge in [-0.25, -0.2) is 0 Å². The molecule has 2 rings (SSSR count). The quantitative estimate of drug-likeness (QED) is 0.499. The van der Waals surface area contributed by atoms with Crippen LogP contribution in [0.3, 0.4) is 0 Å². The van der Waals surface area contributed by atoms with Crippen LogP contribution in [0.1, 0.15) is 65.7 Å². The maximum absolute atomic E-state index is 12.2. The Morgan fingerprint density at radius 3 is 2.58 bits per heavy atom. The van der Waals surface area contributed by atoms with Gasteiger partial charge in [0.1, 0.15) is 0 Å². The van der Waals surface area contributed by atoms with Crippen molar-refractivity contribution in [1.82, 2.24) is 15.5 Å². The third kappa shape index (κ3) is 7.18. The Hall–Kier alpha value is -0.620. The minimum Gasteiger partial charge on any atom is -0.357 e. The molecule has 1 aliphatic carbocycles. The number of guanidine groups is 1. The number of hydrogen-bond acceptors (Lipinski definition) is 3. The van der Waals surface area contributed by atoms with Gasteiger partial charge < -0.3 is 15.5 Å². The van der Waals surface area contributed by atoms with Crippen LogP contribution in [0.15, 0.2) is 4.99 Å². The molecular weight excluding hydrogens is 344 g/mol. The van der Waals surface area contributed by atoms with Gasteiger partial charge in [-0.2, -0.15) is 0 Å². The van der Waals surface area contributed by atoms with Gasteiger partial charge in [0.25, 0.3) is 0 Å². The van der Waals surface area contributed by atoms with Gasteiger partial charge in [-0.05, 0) is 71.0 Å². The fraction of sp³-hybridized carbons (Fsp3) is 0.950. The first kappa shape index (κ1) is 21.7. The van der Waals surface area contributed by atoms with Gasteiger partial charge in [-0.3, -0.25) is 9.20 Å². The van der Waals surface area contributed by atoms with E-state index in [1.165, 1.54) is 45.3 Å². The molecule has 0 aromatic heterocycles. The second-order valence-corrected chi connectivity index (χ2v) is 9.81. The normalized spacial score (nSPS) is 27.3. The van der Waals surface area contributed by atoms with Crippen LogP contribution >= 0.6 is 0 Å². The molecule has 0 amide bonds. The van der Waals surface area contributed by atoms with Crippen molar-refractivity contribution < 1.29 is 4.21 Å². The summed E-state index contributed by atoms with van der Waals surface area (Å²) < 4.78 is 12.2. The lowest BCUT2D eigenvalue weighted by Crippen LogP contribution is -2.47. The first-order valence-electron chi connectivity index (χ1n) is 10.8. The van der Waals surface area contributed by atoms with E-state index < -0.39 is 10.8 Å². The van der Waals surface area contributed by atoms with E-state index in [2.05, 4.69) is 29.4 Å². The predicted octanol–water partition coefficient (Wildman–Crippen LogP) is 2.74. The average Bonchev–Trinajstić information content (AvgIpc) is 2.67. The summed E-state index contributed by atoms with van der Waals surface area (Å²) >= 11 is 0. The first-order chi connectivity index (χ1) is 12.7. The molecular formula is C20H40N4OS. The summed E-state index contributed by atoms with van der Waals surface area (Å²) in [6, 6.07) is 0.411. The summed E-state index contributed by atoms with van der Waals surface area (Å²) in [5, 5.41) is 7.40. The second kappa shape index (κ2) is 12.0. The molecule has 5 nitrogen and oxygen atoms in total. The largest absolute Gasteiger partial charge is 0.357 e. The SMILES string of the molecule is CCCN1CCC(CN=C(NCC)NC2CCCC(S(=O)CC)C2)CC1. The van der Waals surface area contributed by atoms with Gasteiger partial charge in [0.15, 0.2) is 5.96 Å². The van der Waals surface area contributed by atoms with Crippen LogP contribution in [-0.2, 0) is 10.8 Å². The van der Waals surface area contributed by atoms with Crippen LogP contribution in [0, 0.1) is 5.92 Å². The fourth-order valence-corrected chi connectivity index (χ4v) is 5.54.